The molecule has 1 fully saturated rings. The van der Waals surface area contributed by atoms with Crippen molar-refractivity contribution in [3.05, 3.63) is 41.9 Å². The summed E-state index contributed by atoms with van der Waals surface area (Å²) in [4.78, 5) is 13.8. The number of halogens is 1. The van der Waals surface area contributed by atoms with Gasteiger partial charge in [0.25, 0.3) is 5.91 Å². The molecule has 2 rings (SSSR count). The molecule has 1 aromatic carbocycles. The van der Waals surface area contributed by atoms with Crippen LogP contribution in [-0.2, 0) is 14.8 Å². The predicted molar refractivity (Wildman–Crippen MR) is 86.7 cm³/mol. The number of benzene rings is 1. The lowest BCUT2D eigenvalue weighted by Gasteiger charge is -2.32. The molecule has 0 unspecified atom stereocenters. The Morgan fingerprint density at radius 3 is 2.33 bits per heavy atom. The lowest BCUT2D eigenvalue weighted by atomic mass is 10.2. The summed E-state index contributed by atoms with van der Waals surface area (Å²) in [5.41, 5.74) is 0.275. The van der Waals surface area contributed by atoms with E-state index in [0.29, 0.717) is 31.9 Å². The molecule has 0 spiro atoms. The third-order valence-electron chi connectivity index (χ3n) is 3.52. The van der Waals surface area contributed by atoms with Gasteiger partial charge in [-0.15, -0.1) is 0 Å². The van der Waals surface area contributed by atoms with Crippen LogP contribution >= 0.6 is 0 Å². The molecule has 128 valence electrons. The molecule has 0 atom stereocenters. The molecule has 0 saturated carbocycles. The summed E-state index contributed by atoms with van der Waals surface area (Å²) in [5, 5.41) is 11.7. The number of hydrogen-bond donors (Lipinski definition) is 1. The number of nitriles is 1. The minimum Gasteiger partial charge on any atom is -0.373 e. The largest absolute Gasteiger partial charge is 0.373 e. The van der Waals surface area contributed by atoms with E-state index in [2.05, 4.69) is 5.32 Å². The van der Waals surface area contributed by atoms with Gasteiger partial charge in [0.2, 0.25) is 10.0 Å². The Labute approximate surface area is 140 Å². The van der Waals surface area contributed by atoms with E-state index in [1.807, 2.05) is 6.07 Å². The highest BCUT2D eigenvalue weighted by Crippen LogP contribution is 2.12. The van der Waals surface area contributed by atoms with Crippen molar-refractivity contribution in [1.29, 1.82) is 5.26 Å². The number of sulfonamides is 1. The second kappa shape index (κ2) is 7.42. The van der Waals surface area contributed by atoms with Gasteiger partial charge in [-0.2, -0.15) is 9.57 Å². The van der Waals surface area contributed by atoms with Crippen molar-refractivity contribution in [3.8, 4) is 6.07 Å². The van der Waals surface area contributed by atoms with Crippen molar-refractivity contribution in [1.82, 2.24) is 9.21 Å². The van der Waals surface area contributed by atoms with Crippen LogP contribution in [-0.4, -0.2) is 56.0 Å². The summed E-state index contributed by atoms with van der Waals surface area (Å²) in [7, 11) is -3.23. The van der Waals surface area contributed by atoms with E-state index in [1.165, 1.54) is 34.8 Å². The van der Waals surface area contributed by atoms with Crippen molar-refractivity contribution in [2.24, 2.45) is 0 Å². The van der Waals surface area contributed by atoms with Gasteiger partial charge in [0.1, 0.15) is 17.5 Å². The second-order valence-electron chi connectivity index (χ2n) is 5.31. The smallest absolute Gasteiger partial charge is 0.267 e. The molecule has 0 radical (unpaired) electrons. The van der Waals surface area contributed by atoms with Crippen LogP contribution in [0, 0.1) is 17.1 Å². The molecule has 1 aliphatic heterocycles. The van der Waals surface area contributed by atoms with Crippen LogP contribution in [0.2, 0.25) is 0 Å². The Hall–Kier alpha value is -2.44. The highest BCUT2D eigenvalue weighted by molar-refractivity contribution is 7.88. The van der Waals surface area contributed by atoms with E-state index < -0.39 is 21.7 Å². The van der Waals surface area contributed by atoms with Crippen molar-refractivity contribution in [2.45, 2.75) is 0 Å². The molecule has 1 heterocycles. The monoisotopic (exact) mass is 352 g/mol. The molecule has 1 saturated heterocycles. The zero-order valence-corrected chi connectivity index (χ0v) is 13.9. The van der Waals surface area contributed by atoms with Crippen LogP contribution in [0.25, 0.3) is 0 Å². The summed E-state index contributed by atoms with van der Waals surface area (Å²) in [5.74, 6) is -1.03. The number of nitrogens with one attached hydrogen (secondary N) is 1. The maximum Gasteiger partial charge on any atom is 0.267 e. The first kappa shape index (κ1) is 17.9. The fraction of sp³-hybridized carbons (Fsp3) is 0.333. The molecule has 9 heteroatoms. The number of hydrogen-bond acceptors (Lipinski definition) is 5. The van der Waals surface area contributed by atoms with Gasteiger partial charge in [-0.25, -0.2) is 12.8 Å². The number of amides is 1. The van der Waals surface area contributed by atoms with Crippen LogP contribution in [0.1, 0.15) is 0 Å². The summed E-state index contributed by atoms with van der Waals surface area (Å²) in [6.07, 6.45) is 2.56. The Morgan fingerprint density at radius 1 is 1.25 bits per heavy atom. The Kier molecular flexibility index (Phi) is 5.54. The molecule has 0 aromatic heterocycles. The fourth-order valence-electron chi connectivity index (χ4n) is 2.22. The first-order chi connectivity index (χ1) is 11.3. The van der Waals surface area contributed by atoms with Crippen molar-refractivity contribution >= 4 is 21.6 Å². The van der Waals surface area contributed by atoms with E-state index in [9.17, 15) is 17.6 Å². The third kappa shape index (κ3) is 4.78. The topological polar surface area (TPSA) is 93.5 Å². The lowest BCUT2D eigenvalue weighted by molar-refractivity contribution is -0.112. The molecule has 24 heavy (non-hydrogen) atoms. The van der Waals surface area contributed by atoms with Gasteiger partial charge in [0.05, 0.1) is 6.26 Å². The number of carbonyl (C=O) groups is 1. The number of anilines is 1. The highest BCUT2D eigenvalue weighted by atomic mass is 32.2. The fourth-order valence-corrected chi connectivity index (χ4v) is 3.04. The van der Waals surface area contributed by atoms with Gasteiger partial charge >= 0.3 is 0 Å². The Morgan fingerprint density at radius 2 is 1.83 bits per heavy atom. The second-order valence-corrected chi connectivity index (χ2v) is 7.30. The van der Waals surface area contributed by atoms with E-state index in [4.69, 9.17) is 5.26 Å². The summed E-state index contributed by atoms with van der Waals surface area (Å²) >= 11 is 0. The quantitative estimate of drug-likeness (QED) is 0.637. The standard InChI is InChI=1S/C15H17FN4O3S/c1-24(22,23)20-8-6-19(7-9-20)11-12(10-17)15(21)18-14-4-2-13(16)3-5-14/h2-5,11H,6-9H2,1H3,(H,18,21)/b12-11-. The first-order valence-electron chi connectivity index (χ1n) is 7.17. The molecule has 1 aromatic rings. The summed E-state index contributed by atoms with van der Waals surface area (Å²) in [6, 6.07) is 7.02. The predicted octanol–water partition coefficient (Wildman–Crippen LogP) is 0.749. The van der Waals surface area contributed by atoms with E-state index in [0.717, 1.165) is 6.26 Å². The van der Waals surface area contributed by atoms with Crippen LogP contribution in [0.15, 0.2) is 36.0 Å². The van der Waals surface area contributed by atoms with Gasteiger partial charge in [0.15, 0.2) is 0 Å². The molecular weight excluding hydrogens is 335 g/mol. The number of piperazine rings is 1. The minimum absolute atomic E-state index is 0.105. The van der Waals surface area contributed by atoms with Gasteiger partial charge < -0.3 is 10.2 Å². The van der Waals surface area contributed by atoms with E-state index in [-0.39, 0.29) is 5.57 Å². The van der Waals surface area contributed by atoms with Gasteiger partial charge in [-0.05, 0) is 24.3 Å². The van der Waals surface area contributed by atoms with E-state index in [1.54, 1.807) is 4.90 Å². The third-order valence-corrected chi connectivity index (χ3v) is 4.82. The summed E-state index contributed by atoms with van der Waals surface area (Å²) in [6.45, 7) is 1.38. The number of nitrogens with zero attached hydrogens (tertiary/aromatic N) is 3. The first-order valence-corrected chi connectivity index (χ1v) is 9.02. The number of rotatable bonds is 4. The zero-order chi connectivity index (χ0) is 17.7. The van der Waals surface area contributed by atoms with Gasteiger partial charge in [-0.1, -0.05) is 0 Å². The Bertz CT molecular complexity index is 776. The van der Waals surface area contributed by atoms with Crippen LogP contribution in [0.4, 0.5) is 10.1 Å². The van der Waals surface area contributed by atoms with Gasteiger partial charge in [-0.3, -0.25) is 4.79 Å². The van der Waals surface area contributed by atoms with Crippen LogP contribution in [0.5, 0.6) is 0 Å². The van der Waals surface area contributed by atoms with E-state index >= 15 is 0 Å². The molecule has 1 amide bonds. The van der Waals surface area contributed by atoms with Crippen molar-refractivity contribution in [2.75, 3.05) is 37.8 Å². The number of carbonyl (C=O) groups excluding carboxylic acids is 1. The highest BCUT2D eigenvalue weighted by Gasteiger charge is 2.23. The maximum absolute atomic E-state index is 12.8. The lowest BCUT2D eigenvalue weighted by Crippen LogP contribution is -2.46. The van der Waals surface area contributed by atoms with Crippen molar-refractivity contribution < 1.29 is 17.6 Å². The van der Waals surface area contributed by atoms with Crippen LogP contribution < -0.4 is 5.32 Å². The molecule has 1 N–H and O–H groups in total. The molecular formula is C15H17FN4O3S. The molecule has 0 bridgehead atoms. The molecule has 0 aliphatic carbocycles. The zero-order valence-electron chi connectivity index (χ0n) is 13.1. The molecule has 1 aliphatic rings. The van der Waals surface area contributed by atoms with Gasteiger partial charge in [0, 0.05) is 38.1 Å². The Balaban J connectivity index is 2.00. The normalized spacial score (nSPS) is 16.5. The summed E-state index contributed by atoms with van der Waals surface area (Å²) < 4.78 is 37.1. The maximum atomic E-state index is 12.8. The average Bonchev–Trinajstić information content (AvgIpc) is 2.54. The minimum atomic E-state index is -3.23. The van der Waals surface area contributed by atoms with Crippen molar-refractivity contribution in [3.63, 3.8) is 0 Å². The van der Waals surface area contributed by atoms with Crippen LogP contribution in [0.3, 0.4) is 0 Å². The average molecular weight is 352 g/mol. The SMILES string of the molecule is CS(=O)(=O)N1CCN(/C=C(/C#N)C(=O)Nc2ccc(F)cc2)CC1. The molecule has 7 nitrogen and oxygen atoms in total.